The summed E-state index contributed by atoms with van der Waals surface area (Å²) in [5.74, 6) is -0.684. The summed E-state index contributed by atoms with van der Waals surface area (Å²) >= 11 is 0. The lowest BCUT2D eigenvalue weighted by molar-refractivity contribution is -0.142. The number of carbonyl (C=O) groups excluding carboxylic acids is 14. The number of esters is 13. The molecule has 0 aromatic heterocycles. The van der Waals surface area contributed by atoms with E-state index in [2.05, 4.69) is 38.0 Å². The number of hydrogen-bond acceptors (Lipinski definition) is 32. The molecule has 0 atom stereocenters. The molecular formula is C111H118O32. The minimum Gasteiger partial charge on any atom is -0.497 e. The quantitative estimate of drug-likeness (QED) is 0.00854. The van der Waals surface area contributed by atoms with Crippen molar-refractivity contribution in [3.63, 3.8) is 0 Å². The lowest BCUT2D eigenvalue weighted by atomic mass is 10.2. The van der Waals surface area contributed by atoms with Crippen molar-refractivity contribution in [2.75, 3.05) is 60.0 Å². The fourth-order valence-corrected chi connectivity index (χ4v) is 11.1. The Labute approximate surface area is 830 Å². The minimum absolute atomic E-state index is 0.130. The Morgan fingerprint density at radius 1 is 0.238 bits per heavy atom. The summed E-state index contributed by atoms with van der Waals surface area (Å²) < 4.78 is 91.9. The molecule has 0 N–H and O–H groups in total. The van der Waals surface area contributed by atoms with Crippen molar-refractivity contribution in [3.8, 4) is 69.0 Å². The summed E-state index contributed by atoms with van der Waals surface area (Å²) in [6.45, 7) is 30.1. The lowest BCUT2D eigenvalue weighted by Gasteiger charge is -2.10. The van der Waals surface area contributed by atoms with Gasteiger partial charge in [0.25, 0.3) is 0 Å². The Hall–Kier alpha value is -17.1. The van der Waals surface area contributed by atoms with Gasteiger partial charge in [0.15, 0.2) is 0 Å². The van der Waals surface area contributed by atoms with Crippen molar-refractivity contribution in [1.82, 2.24) is 0 Å². The fourth-order valence-electron chi connectivity index (χ4n) is 11.1. The van der Waals surface area contributed by atoms with Crippen LogP contribution < -0.4 is 56.8 Å². The van der Waals surface area contributed by atoms with E-state index < -0.39 is 65.8 Å². The molecule has 0 radical (unpaired) electrons. The van der Waals surface area contributed by atoms with E-state index in [1.807, 2.05) is 45.0 Å². The number of hydrogen-bond donors (Lipinski definition) is 0. The van der Waals surface area contributed by atoms with E-state index >= 15 is 0 Å². The maximum Gasteiger partial charge on any atom is 0.513 e. The highest BCUT2D eigenvalue weighted by atomic mass is 16.7. The van der Waals surface area contributed by atoms with Gasteiger partial charge in [-0.25, -0.2) is 52.7 Å². The van der Waals surface area contributed by atoms with E-state index in [-0.39, 0.29) is 53.7 Å². The molecule has 143 heavy (non-hydrogen) atoms. The summed E-state index contributed by atoms with van der Waals surface area (Å²) in [7, 11) is 1.54. The maximum absolute atomic E-state index is 12.5. The summed E-state index contributed by atoms with van der Waals surface area (Å²) in [6, 6.07) is 63.3. The van der Waals surface area contributed by atoms with Gasteiger partial charge in [-0.15, -0.1) is 0 Å². The summed E-state index contributed by atoms with van der Waals surface area (Å²) in [6.07, 6.45) is 14.0. The zero-order chi connectivity index (χ0) is 104. The number of rotatable bonds is 45. The van der Waals surface area contributed by atoms with Crippen LogP contribution in [0.5, 0.6) is 69.0 Å². The van der Waals surface area contributed by atoms with Crippen molar-refractivity contribution in [2.45, 2.75) is 132 Å². The van der Waals surface area contributed by atoms with Gasteiger partial charge in [0.1, 0.15) is 69.0 Å². The minimum atomic E-state index is -0.858. The van der Waals surface area contributed by atoms with Crippen molar-refractivity contribution >= 4 is 83.8 Å². The summed E-state index contributed by atoms with van der Waals surface area (Å²) in [4.78, 5) is 160. The van der Waals surface area contributed by atoms with Crippen LogP contribution in [0, 0.1) is 20.8 Å². The van der Waals surface area contributed by atoms with E-state index in [1.54, 1.807) is 122 Å². The molecule has 0 spiro atoms. The number of methoxy groups -OCH3 is 1. The van der Waals surface area contributed by atoms with Crippen LogP contribution in [-0.2, 0) is 62.0 Å². The van der Waals surface area contributed by atoms with Gasteiger partial charge in [-0.2, -0.15) is 0 Å². The van der Waals surface area contributed by atoms with Crippen LogP contribution in [0.2, 0.25) is 0 Å². The first-order chi connectivity index (χ1) is 68.8. The van der Waals surface area contributed by atoms with E-state index in [9.17, 15) is 67.1 Å². The van der Waals surface area contributed by atoms with E-state index in [1.165, 1.54) is 137 Å². The topological polar surface area (TPSA) is 405 Å². The molecule has 0 saturated carbocycles. The molecule has 0 heterocycles. The highest BCUT2D eigenvalue weighted by molar-refractivity contribution is 5.95. The molecule has 0 aliphatic rings. The predicted molar refractivity (Wildman–Crippen MR) is 529 cm³/mol. The average Bonchev–Trinajstić information content (AvgIpc) is 0.851. The molecule has 0 bridgehead atoms. The van der Waals surface area contributed by atoms with Crippen LogP contribution in [0.15, 0.2) is 287 Å². The van der Waals surface area contributed by atoms with Gasteiger partial charge in [-0.05, 0) is 303 Å². The molecule has 10 aromatic carbocycles. The molecular weight excluding hydrogens is 1850 g/mol. The maximum atomic E-state index is 12.5. The third kappa shape index (κ3) is 49.7. The second-order valence-electron chi connectivity index (χ2n) is 30.2. The third-order valence-electron chi connectivity index (χ3n) is 18.5. The van der Waals surface area contributed by atoms with Gasteiger partial charge in [0.05, 0.1) is 93.3 Å². The van der Waals surface area contributed by atoms with Gasteiger partial charge < -0.3 is 85.3 Å². The molecule has 0 unspecified atom stereocenters. The highest BCUT2D eigenvalue weighted by Gasteiger charge is 2.19. The highest BCUT2D eigenvalue weighted by Crippen LogP contribution is 2.28. The van der Waals surface area contributed by atoms with Crippen LogP contribution in [0.3, 0.4) is 0 Å². The standard InChI is InChI=1S/C26H24O7.C23H18O7.C23H26O5.C22H22O7.C9H14O4.C8H14O2/c1-4-15-30-21-9-5-19(6-10-21)25(28)32-22-11-7-20(8-12-22)26(29)33-24-14-13-23(16-17(24)2)31-18(3)27;1-15(24)28-19-11-13-21(14-12-19)30-23(26)17-5-9-20(10-6-17)29-22(25)16-3-7-18(27-2)8-4-16;1-3-22(24)27-17-7-5-4-6-16-26-20-14-10-19(11-15-20)23(25)28-21-12-8-18(2)9-13-21;1-3-20(23)26-14-4-5-15-27-22(25)29-19-12-8-17(9-13-19)21(24)28-18-10-6-16(2)7-11-18;1-3-9(11)13-7-5-4-6-12-8(2)10;1-3-5-6-7-10-8(9)4-2/h5-14,16H,4,15H2,1-3H3;3-14H,1-2H3;3,8-15H,1,4-7,16-17H2,2H3;3,6-13H,1,4-5,14-15H2,2H3;3H,1,4-7H2,2H3;4H,2-3,5-7H2,1H3. The molecule has 0 aliphatic heterocycles. The normalized spacial score (nSPS) is 9.94. The molecule has 32 heteroatoms. The van der Waals surface area contributed by atoms with Crippen molar-refractivity contribution in [2.24, 2.45) is 0 Å². The number of ether oxygens (including phenoxy) is 18. The lowest BCUT2D eigenvalue weighted by Crippen LogP contribution is -2.12. The van der Waals surface area contributed by atoms with Gasteiger partial charge >= 0.3 is 83.8 Å². The van der Waals surface area contributed by atoms with Gasteiger partial charge in [0, 0.05) is 45.1 Å². The monoisotopic (exact) mass is 1960 g/mol. The first kappa shape index (κ1) is 116. The van der Waals surface area contributed by atoms with Gasteiger partial charge in [0.2, 0.25) is 0 Å². The molecule has 10 aromatic rings. The molecule has 754 valence electrons. The zero-order valence-corrected chi connectivity index (χ0v) is 81.4. The molecule has 32 nitrogen and oxygen atoms in total. The number of aryl methyl sites for hydroxylation is 3. The van der Waals surface area contributed by atoms with Crippen LogP contribution in [0.1, 0.15) is 191 Å². The second-order valence-corrected chi connectivity index (χ2v) is 30.2. The molecule has 0 aliphatic carbocycles. The first-order valence-electron chi connectivity index (χ1n) is 45.4. The second kappa shape index (κ2) is 67.2. The Morgan fingerprint density at radius 3 is 0.797 bits per heavy atom. The number of unbranched alkanes of at least 4 members (excludes halogenated alkanes) is 7. The first-order valence-corrected chi connectivity index (χ1v) is 45.4. The largest absolute Gasteiger partial charge is 0.513 e. The van der Waals surface area contributed by atoms with Crippen LogP contribution >= 0.6 is 0 Å². The van der Waals surface area contributed by atoms with Crippen LogP contribution in [0.4, 0.5) is 4.79 Å². The summed E-state index contributed by atoms with van der Waals surface area (Å²) in [5, 5.41) is 0. The number of benzene rings is 10. The van der Waals surface area contributed by atoms with Gasteiger partial charge in [-0.1, -0.05) is 88.4 Å². The fraction of sp³-hybridized carbons (Fsp3) is 0.261. The molecule has 10 rings (SSSR count). The SMILES string of the molecule is C=CC(=O)OCCCCC.C=CC(=O)OCCCCCCOc1ccc(C(=O)Oc2ccc(C)cc2)cc1.C=CC(=O)OCCCCOC(=O)Oc1ccc(C(=O)Oc2ccc(C)cc2)cc1.C=CC(=O)OCCCCOC(C)=O.CCCOc1ccc(C(=O)Oc2ccc(C(=O)Oc3ccc(OC(C)=O)cc3C)cc2)cc1.COc1ccc(C(=O)Oc2ccc(C(=O)Oc3ccc(OC(C)=O)cc3)cc2)cc1. The Morgan fingerprint density at radius 2 is 0.490 bits per heavy atom. The van der Waals surface area contributed by atoms with Crippen molar-refractivity contribution in [3.05, 3.63) is 337 Å². The van der Waals surface area contributed by atoms with Crippen LogP contribution in [-0.4, -0.2) is 144 Å². The molecule has 0 fully saturated rings. The Bertz CT molecular complexity index is 5730. The Balaban J connectivity index is 0.000000313. The summed E-state index contributed by atoms with van der Waals surface area (Å²) in [5.41, 5.74) is 4.93. The number of carbonyl (C=O) groups is 14. The van der Waals surface area contributed by atoms with Crippen LogP contribution in [0.25, 0.3) is 0 Å². The van der Waals surface area contributed by atoms with E-state index in [0.29, 0.717) is 151 Å². The van der Waals surface area contributed by atoms with E-state index in [0.717, 1.165) is 74.6 Å². The van der Waals surface area contributed by atoms with Gasteiger partial charge in [-0.3, -0.25) is 14.4 Å². The third-order valence-corrected chi connectivity index (χ3v) is 18.5. The average molecular weight is 1960 g/mol. The van der Waals surface area contributed by atoms with Crippen molar-refractivity contribution in [1.29, 1.82) is 0 Å². The molecule has 0 amide bonds. The van der Waals surface area contributed by atoms with Crippen molar-refractivity contribution < 1.29 is 152 Å². The van der Waals surface area contributed by atoms with E-state index in [4.69, 9.17) is 80.5 Å². The smallest absolute Gasteiger partial charge is 0.497 e. The Kier molecular flexibility index (Phi) is 54.8. The molecule has 0 saturated heterocycles. The zero-order valence-electron chi connectivity index (χ0n) is 81.4. The predicted octanol–water partition coefficient (Wildman–Crippen LogP) is 21.3.